The molecule has 0 radical (unpaired) electrons. The third kappa shape index (κ3) is 4.41. The topological polar surface area (TPSA) is 89.3 Å². The van der Waals surface area contributed by atoms with Gasteiger partial charge in [0.1, 0.15) is 0 Å². The van der Waals surface area contributed by atoms with Crippen molar-refractivity contribution >= 4 is 15.9 Å². The molecule has 114 valence electrons. The molecule has 0 aliphatic heterocycles. The van der Waals surface area contributed by atoms with Crippen molar-refractivity contribution in [1.82, 2.24) is 5.32 Å². The summed E-state index contributed by atoms with van der Waals surface area (Å²) in [6.07, 6.45) is 6.49. The van der Waals surface area contributed by atoms with Crippen molar-refractivity contribution in [2.75, 3.05) is 6.54 Å². The SMILES string of the molecule is Cc1cc(C(=O)NCCC2=CCCC2)cc(S(N)(=O)=O)c1. The van der Waals surface area contributed by atoms with Gasteiger partial charge in [-0.3, -0.25) is 4.79 Å². The molecule has 3 N–H and O–H groups in total. The number of benzene rings is 1. The van der Waals surface area contributed by atoms with Crippen LogP contribution in [0.1, 0.15) is 41.6 Å². The Morgan fingerprint density at radius 3 is 2.71 bits per heavy atom. The van der Waals surface area contributed by atoms with Crippen molar-refractivity contribution in [2.45, 2.75) is 37.5 Å². The maximum absolute atomic E-state index is 12.1. The largest absolute Gasteiger partial charge is 0.352 e. The predicted octanol–water partition coefficient (Wildman–Crippen LogP) is 1.87. The Morgan fingerprint density at radius 1 is 1.33 bits per heavy atom. The maximum atomic E-state index is 12.1. The van der Waals surface area contributed by atoms with Gasteiger partial charge in [-0.2, -0.15) is 0 Å². The van der Waals surface area contributed by atoms with Crippen molar-refractivity contribution in [3.05, 3.63) is 41.0 Å². The van der Waals surface area contributed by atoms with E-state index in [1.54, 1.807) is 13.0 Å². The summed E-state index contributed by atoms with van der Waals surface area (Å²) >= 11 is 0. The van der Waals surface area contributed by atoms with Crippen LogP contribution in [0.15, 0.2) is 34.7 Å². The number of carbonyl (C=O) groups is 1. The van der Waals surface area contributed by atoms with Crippen molar-refractivity contribution in [1.29, 1.82) is 0 Å². The molecule has 0 spiro atoms. The molecule has 0 saturated heterocycles. The number of amides is 1. The van der Waals surface area contributed by atoms with E-state index in [2.05, 4.69) is 11.4 Å². The van der Waals surface area contributed by atoms with Crippen LogP contribution in [0.3, 0.4) is 0 Å². The van der Waals surface area contributed by atoms with Gasteiger partial charge in [0.15, 0.2) is 0 Å². The van der Waals surface area contributed by atoms with E-state index in [0.717, 1.165) is 19.3 Å². The van der Waals surface area contributed by atoms with E-state index >= 15 is 0 Å². The first-order valence-electron chi connectivity index (χ1n) is 6.97. The first-order chi connectivity index (χ1) is 9.86. The van der Waals surface area contributed by atoms with Crippen LogP contribution in [0.4, 0.5) is 0 Å². The number of hydrogen-bond donors (Lipinski definition) is 2. The van der Waals surface area contributed by atoms with Gasteiger partial charge in [-0.1, -0.05) is 11.6 Å². The smallest absolute Gasteiger partial charge is 0.251 e. The number of aryl methyl sites for hydroxylation is 1. The molecule has 1 amide bonds. The molecule has 2 rings (SSSR count). The molecule has 0 atom stereocenters. The Balaban J connectivity index is 2.03. The Bertz CT molecular complexity index is 678. The molecule has 5 nitrogen and oxygen atoms in total. The lowest BCUT2D eigenvalue weighted by atomic mass is 10.1. The van der Waals surface area contributed by atoms with E-state index in [9.17, 15) is 13.2 Å². The Morgan fingerprint density at radius 2 is 2.10 bits per heavy atom. The molecule has 0 heterocycles. The van der Waals surface area contributed by atoms with Gasteiger partial charge in [-0.05, 0) is 56.4 Å². The molecule has 1 aromatic carbocycles. The maximum Gasteiger partial charge on any atom is 0.251 e. The number of nitrogens with one attached hydrogen (secondary N) is 1. The molecule has 6 heteroatoms. The summed E-state index contributed by atoms with van der Waals surface area (Å²) in [5, 5.41) is 7.93. The average molecular weight is 308 g/mol. The third-order valence-corrected chi connectivity index (χ3v) is 4.40. The van der Waals surface area contributed by atoms with Crippen LogP contribution in [0.5, 0.6) is 0 Å². The molecular weight excluding hydrogens is 288 g/mol. The average Bonchev–Trinajstić information content (AvgIpc) is 2.90. The second-order valence-corrected chi connectivity index (χ2v) is 6.90. The molecule has 1 aliphatic carbocycles. The first-order valence-corrected chi connectivity index (χ1v) is 8.51. The van der Waals surface area contributed by atoms with Gasteiger partial charge in [0.05, 0.1) is 4.90 Å². The van der Waals surface area contributed by atoms with E-state index in [1.165, 1.54) is 24.1 Å². The van der Waals surface area contributed by atoms with Gasteiger partial charge in [-0.25, -0.2) is 13.6 Å². The van der Waals surface area contributed by atoms with Crippen LogP contribution < -0.4 is 10.5 Å². The third-order valence-electron chi connectivity index (χ3n) is 3.51. The van der Waals surface area contributed by atoms with Crippen LogP contribution >= 0.6 is 0 Å². The van der Waals surface area contributed by atoms with Crippen LogP contribution in [0.25, 0.3) is 0 Å². The lowest BCUT2D eigenvalue weighted by molar-refractivity contribution is 0.0954. The van der Waals surface area contributed by atoms with Gasteiger partial charge in [0.2, 0.25) is 10.0 Å². The van der Waals surface area contributed by atoms with Crippen LogP contribution in [-0.2, 0) is 10.0 Å². The van der Waals surface area contributed by atoms with Gasteiger partial charge in [0, 0.05) is 12.1 Å². The summed E-state index contributed by atoms with van der Waals surface area (Å²) in [7, 11) is -3.80. The van der Waals surface area contributed by atoms with Gasteiger partial charge >= 0.3 is 0 Å². The van der Waals surface area contributed by atoms with Crippen LogP contribution in [0.2, 0.25) is 0 Å². The summed E-state index contributed by atoms with van der Waals surface area (Å²) in [5.74, 6) is -0.276. The number of allylic oxidation sites excluding steroid dienone is 1. The molecular formula is C15H20N2O3S. The Hall–Kier alpha value is -1.66. The normalized spacial score (nSPS) is 14.9. The fourth-order valence-corrected chi connectivity index (χ4v) is 3.09. The highest BCUT2D eigenvalue weighted by Crippen LogP contribution is 2.20. The second kappa shape index (κ2) is 6.41. The molecule has 0 bridgehead atoms. The van der Waals surface area contributed by atoms with Crippen molar-refractivity contribution < 1.29 is 13.2 Å². The van der Waals surface area contributed by atoms with E-state index < -0.39 is 10.0 Å². The van der Waals surface area contributed by atoms with Crippen LogP contribution in [-0.4, -0.2) is 20.9 Å². The highest BCUT2D eigenvalue weighted by atomic mass is 32.2. The molecule has 0 aromatic heterocycles. The number of primary sulfonamides is 1. The quantitative estimate of drug-likeness (QED) is 0.814. The second-order valence-electron chi connectivity index (χ2n) is 5.34. The molecule has 0 fully saturated rings. The summed E-state index contributed by atoms with van der Waals surface area (Å²) < 4.78 is 22.8. The molecule has 21 heavy (non-hydrogen) atoms. The Labute approximate surface area is 125 Å². The monoisotopic (exact) mass is 308 g/mol. The molecule has 0 saturated carbocycles. The fourth-order valence-electron chi connectivity index (χ4n) is 2.45. The van der Waals surface area contributed by atoms with Crippen molar-refractivity contribution in [3.8, 4) is 0 Å². The summed E-state index contributed by atoms with van der Waals surface area (Å²) in [4.78, 5) is 12.0. The molecule has 1 aromatic rings. The molecule has 0 unspecified atom stereocenters. The predicted molar refractivity (Wildman–Crippen MR) is 81.4 cm³/mol. The highest BCUT2D eigenvalue weighted by Gasteiger charge is 2.13. The van der Waals surface area contributed by atoms with Gasteiger partial charge in [0.25, 0.3) is 5.91 Å². The molecule has 1 aliphatic rings. The minimum absolute atomic E-state index is 0.0360. The number of carbonyl (C=O) groups excluding carboxylic acids is 1. The standard InChI is InChI=1S/C15H20N2O3S/c1-11-8-13(10-14(9-11)21(16,19)20)15(18)17-7-6-12-4-2-3-5-12/h4,8-10H,2-3,5-7H2,1H3,(H,17,18)(H2,16,19,20). The van der Waals surface area contributed by atoms with Crippen LogP contribution in [0, 0.1) is 6.92 Å². The van der Waals surface area contributed by atoms with Crippen molar-refractivity contribution in [2.24, 2.45) is 5.14 Å². The lowest BCUT2D eigenvalue weighted by Crippen LogP contribution is -2.25. The Kier molecular flexibility index (Phi) is 4.80. The van der Waals surface area contributed by atoms with Gasteiger partial charge < -0.3 is 5.32 Å². The van der Waals surface area contributed by atoms with E-state index in [4.69, 9.17) is 5.14 Å². The minimum Gasteiger partial charge on any atom is -0.352 e. The van der Waals surface area contributed by atoms with E-state index in [-0.39, 0.29) is 10.8 Å². The van der Waals surface area contributed by atoms with E-state index in [0.29, 0.717) is 17.7 Å². The number of rotatable bonds is 5. The highest BCUT2D eigenvalue weighted by molar-refractivity contribution is 7.89. The van der Waals surface area contributed by atoms with E-state index in [1.807, 2.05) is 0 Å². The zero-order chi connectivity index (χ0) is 15.5. The fraction of sp³-hybridized carbons (Fsp3) is 0.400. The summed E-state index contributed by atoms with van der Waals surface area (Å²) in [5.41, 5.74) is 2.38. The zero-order valence-electron chi connectivity index (χ0n) is 12.1. The summed E-state index contributed by atoms with van der Waals surface area (Å²) in [6, 6.07) is 4.42. The number of sulfonamides is 1. The minimum atomic E-state index is -3.80. The first kappa shape index (κ1) is 15.7. The van der Waals surface area contributed by atoms with Crippen molar-refractivity contribution in [3.63, 3.8) is 0 Å². The number of nitrogens with two attached hydrogens (primary N) is 1. The zero-order valence-corrected chi connectivity index (χ0v) is 12.9. The summed E-state index contributed by atoms with van der Waals surface area (Å²) in [6.45, 7) is 2.29. The van der Waals surface area contributed by atoms with Gasteiger partial charge in [-0.15, -0.1) is 0 Å². The lowest BCUT2D eigenvalue weighted by Gasteiger charge is -2.08. The number of hydrogen-bond acceptors (Lipinski definition) is 3.